The quantitative estimate of drug-likeness (QED) is 0.877. The van der Waals surface area contributed by atoms with Crippen molar-refractivity contribution in [3.8, 4) is 11.3 Å². The van der Waals surface area contributed by atoms with Crippen LogP contribution >= 0.6 is 24.8 Å². The van der Waals surface area contributed by atoms with Gasteiger partial charge in [-0.3, -0.25) is 4.79 Å². The summed E-state index contributed by atoms with van der Waals surface area (Å²) in [5.74, 6) is 1.55. The lowest BCUT2D eigenvalue weighted by Gasteiger charge is -2.34. The third-order valence-electron chi connectivity index (χ3n) is 4.26. The molecule has 0 aliphatic carbocycles. The Kier molecular flexibility index (Phi) is 8.42. The van der Waals surface area contributed by atoms with E-state index in [1.807, 2.05) is 29.2 Å². The maximum absolute atomic E-state index is 12.3. The number of amides is 1. The molecule has 1 aromatic heterocycles. The third-order valence-corrected chi connectivity index (χ3v) is 4.26. The van der Waals surface area contributed by atoms with Gasteiger partial charge in [0, 0.05) is 44.1 Å². The maximum atomic E-state index is 12.3. The van der Waals surface area contributed by atoms with Gasteiger partial charge in [0.25, 0.3) is 0 Å². The zero-order valence-corrected chi connectivity index (χ0v) is 16.2. The smallest absolute Gasteiger partial charge is 0.223 e. The van der Waals surface area contributed by atoms with Gasteiger partial charge in [-0.25, -0.2) is 4.98 Å². The van der Waals surface area contributed by atoms with E-state index in [4.69, 9.17) is 4.42 Å². The van der Waals surface area contributed by atoms with E-state index in [1.165, 1.54) is 5.56 Å². The van der Waals surface area contributed by atoms with Crippen LogP contribution in [0.25, 0.3) is 11.3 Å². The van der Waals surface area contributed by atoms with E-state index in [2.05, 4.69) is 24.1 Å². The number of hydrogen-bond donors (Lipinski definition) is 1. The van der Waals surface area contributed by atoms with Crippen molar-refractivity contribution in [3.05, 3.63) is 41.9 Å². The molecule has 7 heteroatoms. The summed E-state index contributed by atoms with van der Waals surface area (Å²) in [6.45, 7) is 6.64. The molecule has 1 N–H and O–H groups in total. The van der Waals surface area contributed by atoms with Gasteiger partial charge in [-0.05, 0) is 13.8 Å². The standard InChI is InChI=1S/C18H23N3O2.2ClH/c1-13-3-5-15(6-4-13)16-12-20-17(23-16)7-8-18(22)21-10-9-19-11-14(21)2;;/h3-6,12,14,19H,7-11H2,1-2H3;2*1H. The minimum absolute atomic E-state index is 0. The van der Waals surface area contributed by atoms with Crippen LogP contribution in [0.2, 0.25) is 0 Å². The predicted octanol–water partition coefficient (Wildman–Crippen LogP) is 3.25. The molecule has 138 valence electrons. The normalized spacial score (nSPS) is 16.7. The van der Waals surface area contributed by atoms with E-state index in [1.54, 1.807) is 6.20 Å². The highest BCUT2D eigenvalue weighted by atomic mass is 35.5. The van der Waals surface area contributed by atoms with E-state index in [9.17, 15) is 4.79 Å². The van der Waals surface area contributed by atoms with Gasteiger partial charge in [0.15, 0.2) is 11.7 Å². The number of nitrogens with zero attached hydrogens (tertiary/aromatic N) is 2. The molecule has 0 spiro atoms. The number of hydrogen-bond acceptors (Lipinski definition) is 4. The van der Waals surface area contributed by atoms with Crippen molar-refractivity contribution in [2.45, 2.75) is 32.7 Å². The number of carbonyl (C=O) groups excluding carboxylic acids is 1. The number of aryl methyl sites for hydroxylation is 2. The van der Waals surface area contributed by atoms with Gasteiger partial charge in [0.1, 0.15) is 0 Å². The van der Waals surface area contributed by atoms with Crippen LogP contribution in [-0.2, 0) is 11.2 Å². The largest absolute Gasteiger partial charge is 0.441 e. The van der Waals surface area contributed by atoms with Crippen molar-refractivity contribution >= 4 is 30.7 Å². The fourth-order valence-corrected chi connectivity index (χ4v) is 2.85. The van der Waals surface area contributed by atoms with Crippen LogP contribution in [0.5, 0.6) is 0 Å². The van der Waals surface area contributed by atoms with E-state index < -0.39 is 0 Å². The summed E-state index contributed by atoms with van der Waals surface area (Å²) in [7, 11) is 0. The lowest BCUT2D eigenvalue weighted by molar-refractivity contribution is -0.134. The Bertz CT molecular complexity index is 673. The minimum atomic E-state index is 0. The second-order valence-electron chi connectivity index (χ2n) is 6.12. The molecule has 1 amide bonds. The van der Waals surface area contributed by atoms with Crippen molar-refractivity contribution in [2.75, 3.05) is 19.6 Å². The minimum Gasteiger partial charge on any atom is -0.441 e. The molecule has 25 heavy (non-hydrogen) atoms. The van der Waals surface area contributed by atoms with Crippen LogP contribution in [0.4, 0.5) is 0 Å². The van der Waals surface area contributed by atoms with Gasteiger partial charge in [0.2, 0.25) is 5.91 Å². The van der Waals surface area contributed by atoms with Crippen molar-refractivity contribution in [1.82, 2.24) is 15.2 Å². The fourth-order valence-electron chi connectivity index (χ4n) is 2.85. The summed E-state index contributed by atoms with van der Waals surface area (Å²) in [6.07, 6.45) is 2.72. The van der Waals surface area contributed by atoms with Crippen LogP contribution in [0.1, 0.15) is 24.8 Å². The first kappa shape index (κ1) is 21.5. The Morgan fingerprint density at radius 3 is 2.72 bits per heavy atom. The fraction of sp³-hybridized carbons (Fsp3) is 0.444. The molecule has 1 atom stereocenters. The molecule has 5 nitrogen and oxygen atoms in total. The number of nitrogens with one attached hydrogen (secondary N) is 1. The van der Waals surface area contributed by atoms with Gasteiger partial charge >= 0.3 is 0 Å². The molecule has 1 unspecified atom stereocenters. The first-order valence-corrected chi connectivity index (χ1v) is 8.15. The van der Waals surface area contributed by atoms with Crippen LogP contribution < -0.4 is 5.32 Å². The molecule has 2 heterocycles. The summed E-state index contributed by atoms with van der Waals surface area (Å²) in [4.78, 5) is 18.6. The lowest BCUT2D eigenvalue weighted by atomic mass is 10.1. The molecule has 3 rings (SSSR count). The van der Waals surface area contributed by atoms with Crippen molar-refractivity contribution < 1.29 is 9.21 Å². The SMILES string of the molecule is Cc1ccc(-c2cnc(CCC(=O)N3CCNCC3C)o2)cc1.Cl.Cl. The highest BCUT2D eigenvalue weighted by molar-refractivity contribution is 5.85. The molecule has 2 aromatic rings. The average Bonchev–Trinajstić information content (AvgIpc) is 3.03. The van der Waals surface area contributed by atoms with Gasteiger partial charge < -0.3 is 14.6 Å². The Morgan fingerprint density at radius 1 is 1.32 bits per heavy atom. The first-order chi connectivity index (χ1) is 11.1. The molecule has 1 saturated heterocycles. The molecular formula is C18H25Cl2N3O2. The second kappa shape index (κ2) is 9.80. The number of aromatic nitrogens is 1. The highest BCUT2D eigenvalue weighted by Crippen LogP contribution is 2.21. The highest BCUT2D eigenvalue weighted by Gasteiger charge is 2.22. The molecular weight excluding hydrogens is 361 g/mol. The van der Waals surface area contributed by atoms with Gasteiger partial charge in [-0.1, -0.05) is 29.8 Å². The number of rotatable bonds is 4. The molecule has 1 aliphatic rings. The summed E-state index contributed by atoms with van der Waals surface area (Å²) in [5.41, 5.74) is 2.22. The second-order valence-corrected chi connectivity index (χ2v) is 6.12. The number of piperazine rings is 1. The summed E-state index contributed by atoms with van der Waals surface area (Å²) >= 11 is 0. The molecule has 1 aromatic carbocycles. The van der Waals surface area contributed by atoms with Crippen molar-refractivity contribution in [2.24, 2.45) is 0 Å². The number of oxazole rings is 1. The van der Waals surface area contributed by atoms with Crippen molar-refractivity contribution in [3.63, 3.8) is 0 Å². The van der Waals surface area contributed by atoms with Gasteiger partial charge in [0.05, 0.1) is 6.20 Å². The topological polar surface area (TPSA) is 58.4 Å². The van der Waals surface area contributed by atoms with Crippen LogP contribution in [0.15, 0.2) is 34.9 Å². The van der Waals surface area contributed by atoms with E-state index in [-0.39, 0.29) is 36.8 Å². The average molecular weight is 386 g/mol. The molecule has 0 saturated carbocycles. The monoisotopic (exact) mass is 385 g/mol. The van der Waals surface area contributed by atoms with Crippen molar-refractivity contribution in [1.29, 1.82) is 0 Å². The third kappa shape index (κ3) is 5.46. The van der Waals surface area contributed by atoms with E-state index in [0.29, 0.717) is 18.7 Å². The van der Waals surface area contributed by atoms with Crippen LogP contribution in [0, 0.1) is 6.92 Å². The lowest BCUT2D eigenvalue weighted by Crippen LogP contribution is -2.52. The molecule has 0 bridgehead atoms. The predicted molar refractivity (Wildman–Crippen MR) is 104 cm³/mol. The molecule has 0 radical (unpaired) electrons. The van der Waals surface area contributed by atoms with E-state index >= 15 is 0 Å². The zero-order chi connectivity index (χ0) is 16.2. The molecule has 1 fully saturated rings. The maximum Gasteiger partial charge on any atom is 0.223 e. The Labute approximate surface area is 161 Å². The summed E-state index contributed by atoms with van der Waals surface area (Å²) in [5, 5.41) is 3.29. The zero-order valence-electron chi connectivity index (χ0n) is 14.5. The Balaban J connectivity index is 0.00000156. The summed E-state index contributed by atoms with van der Waals surface area (Å²) < 4.78 is 5.78. The van der Waals surface area contributed by atoms with Crippen LogP contribution in [0.3, 0.4) is 0 Å². The summed E-state index contributed by atoms with van der Waals surface area (Å²) in [6, 6.07) is 8.39. The first-order valence-electron chi connectivity index (χ1n) is 8.15. The number of halogens is 2. The number of carbonyl (C=O) groups is 1. The number of benzene rings is 1. The van der Waals surface area contributed by atoms with Gasteiger partial charge in [-0.15, -0.1) is 24.8 Å². The van der Waals surface area contributed by atoms with Crippen LogP contribution in [-0.4, -0.2) is 41.5 Å². The Hall–Kier alpha value is -1.56. The Morgan fingerprint density at radius 2 is 2.04 bits per heavy atom. The van der Waals surface area contributed by atoms with E-state index in [0.717, 1.165) is 31.0 Å². The van der Waals surface area contributed by atoms with Gasteiger partial charge in [-0.2, -0.15) is 0 Å². The molecule has 1 aliphatic heterocycles.